The number of thiocarbonyl (C=S) groups is 1. The van der Waals surface area contributed by atoms with E-state index in [2.05, 4.69) is 20.8 Å². The molecule has 0 radical (unpaired) electrons. The molecule has 6 heteroatoms. The first-order valence-electron chi connectivity index (χ1n) is 5.90. The molecule has 1 aromatic rings. The molecular weight excluding hydrogens is 328 g/mol. The van der Waals surface area contributed by atoms with Gasteiger partial charge in [-0.2, -0.15) is 0 Å². The van der Waals surface area contributed by atoms with E-state index in [1.165, 1.54) is 0 Å². The maximum atomic E-state index is 5.76. The highest BCUT2D eigenvalue weighted by atomic mass is 79.9. The SMILES string of the molecule is COc1cc(C(N)=S)cc(Br)c1OCCCN(C)C. The molecule has 0 aliphatic carbocycles. The number of ether oxygens (including phenoxy) is 2. The van der Waals surface area contributed by atoms with Gasteiger partial charge in [0.1, 0.15) is 4.99 Å². The highest BCUT2D eigenvalue weighted by Gasteiger charge is 2.12. The molecule has 0 unspecified atom stereocenters. The zero-order valence-corrected chi connectivity index (χ0v) is 13.8. The summed E-state index contributed by atoms with van der Waals surface area (Å²) in [7, 11) is 5.67. The first-order chi connectivity index (χ1) is 8.95. The molecule has 106 valence electrons. The molecule has 0 spiro atoms. The van der Waals surface area contributed by atoms with Gasteiger partial charge in [0.05, 0.1) is 18.2 Å². The molecule has 0 aliphatic heterocycles. The Hall–Kier alpha value is -0.850. The highest BCUT2D eigenvalue weighted by molar-refractivity contribution is 9.10. The molecule has 1 rings (SSSR count). The molecule has 0 aromatic heterocycles. The predicted octanol–water partition coefficient (Wildman–Crippen LogP) is 2.42. The van der Waals surface area contributed by atoms with Gasteiger partial charge in [0, 0.05) is 12.1 Å². The van der Waals surface area contributed by atoms with Crippen molar-refractivity contribution in [3.8, 4) is 11.5 Å². The number of hydrogen-bond acceptors (Lipinski definition) is 4. The van der Waals surface area contributed by atoms with Gasteiger partial charge < -0.3 is 20.1 Å². The minimum absolute atomic E-state index is 0.332. The molecular formula is C13H19BrN2O2S. The van der Waals surface area contributed by atoms with Crippen molar-refractivity contribution in [2.24, 2.45) is 5.73 Å². The fourth-order valence-electron chi connectivity index (χ4n) is 1.56. The zero-order valence-electron chi connectivity index (χ0n) is 11.4. The van der Waals surface area contributed by atoms with E-state index >= 15 is 0 Å². The maximum absolute atomic E-state index is 5.76. The van der Waals surface area contributed by atoms with Crippen molar-refractivity contribution in [2.75, 3.05) is 34.4 Å². The van der Waals surface area contributed by atoms with Crippen molar-refractivity contribution < 1.29 is 9.47 Å². The number of nitrogens with two attached hydrogens (primary N) is 1. The lowest BCUT2D eigenvalue weighted by Crippen LogP contribution is -2.16. The third kappa shape index (κ3) is 4.97. The Morgan fingerprint density at radius 2 is 2.11 bits per heavy atom. The Bertz CT molecular complexity index is 453. The monoisotopic (exact) mass is 346 g/mol. The summed E-state index contributed by atoms with van der Waals surface area (Å²) in [6.45, 7) is 1.60. The van der Waals surface area contributed by atoms with Gasteiger partial charge >= 0.3 is 0 Å². The van der Waals surface area contributed by atoms with Gasteiger partial charge in [0.15, 0.2) is 11.5 Å². The van der Waals surface area contributed by atoms with E-state index in [0.29, 0.717) is 23.1 Å². The standard InChI is InChI=1S/C13H19BrN2O2S/c1-16(2)5-4-6-18-12-10(14)7-9(13(15)19)8-11(12)17-3/h7-8H,4-6H2,1-3H3,(H2,15,19). The zero-order chi connectivity index (χ0) is 14.4. The molecule has 2 N–H and O–H groups in total. The summed E-state index contributed by atoms with van der Waals surface area (Å²) >= 11 is 8.42. The maximum Gasteiger partial charge on any atom is 0.175 e. The number of methoxy groups -OCH3 is 1. The average Bonchev–Trinajstić information content (AvgIpc) is 2.34. The van der Waals surface area contributed by atoms with E-state index in [1.54, 1.807) is 13.2 Å². The van der Waals surface area contributed by atoms with Crippen LogP contribution in [0.1, 0.15) is 12.0 Å². The molecule has 0 fully saturated rings. The van der Waals surface area contributed by atoms with Crippen molar-refractivity contribution in [1.82, 2.24) is 4.90 Å². The Morgan fingerprint density at radius 1 is 1.42 bits per heavy atom. The summed E-state index contributed by atoms with van der Waals surface area (Å²) in [6.07, 6.45) is 0.944. The fourth-order valence-corrected chi connectivity index (χ4v) is 2.23. The van der Waals surface area contributed by atoms with Crippen molar-refractivity contribution in [3.63, 3.8) is 0 Å². The van der Waals surface area contributed by atoms with Crippen LogP contribution in [0.15, 0.2) is 16.6 Å². The normalized spacial score (nSPS) is 10.6. The Morgan fingerprint density at radius 3 is 2.63 bits per heavy atom. The number of rotatable bonds is 7. The molecule has 0 bridgehead atoms. The van der Waals surface area contributed by atoms with Gasteiger partial charge in [-0.1, -0.05) is 12.2 Å². The van der Waals surface area contributed by atoms with E-state index in [4.69, 9.17) is 27.4 Å². The summed E-state index contributed by atoms with van der Waals surface area (Å²) in [5, 5.41) is 0. The molecule has 0 heterocycles. The Balaban J connectivity index is 2.79. The van der Waals surface area contributed by atoms with Crippen LogP contribution >= 0.6 is 28.1 Å². The molecule has 0 amide bonds. The second kappa shape index (κ2) is 7.67. The minimum Gasteiger partial charge on any atom is -0.493 e. The van der Waals surface area contributed by atoms with Gasteiger partial charge in [0.25, 0.3) is 0 Å². The van der Waals surface area contributed by atoms with E-state index in [1.807, 2.05) is 20.2 Å². The number of nitrogens with zero attached hydrogens (tertiary/aromatic N) is 1. The van der Waals surface area contributed by atoms with Crippen LogP contribution in [0.2, 0.25) is 0 Å². The van der Waals surface area contributed by atoms with E-state index < -0.39 is 0 Å². The minimum atomic E-state index is 0.332. The van der Waals surface area contributed by atoms with Crippen LogP contribution in [0.5, 0.6) is 11.5 Å². The van der Waals surface area contributed by atoms with E-state index in [-0.39, 0.29) is 0 Å². The Labute approximate surface area is 128 Å². The molecule has 0 atom stereocenters. The van der Waals surface area contributed by atoms with Crippen molar-refractivity contribution >= 4 is 33.1 Å². The summed E-state index contributed by atoms with van der Waals surface area (Å²) in [4.78, 5) is 2.45. The highest BCUT2D eigenvalue weighted by Crippen LogP contribution is 2.36. The average molecular weight is 347 g/mol. The van der Waals surface area contributed by atoms with Crippen LogP contribution in [0.25, 0.3) is 0 Å². The Kier molecular flexibility index (Phi) is 6.54. The topological polar surface area (TPSA) is 47.7 Å². The van der Waals surface area contributed by atoms with Crippen LogP contribution in [0, 0.1) is 0 Å². The van der Waals surface area contributed by atoms with Crippen molar-refractivity contribution in [1.29, 1.82) is 0 Å². The quantitative estimate of drug-likeness (QED) is 0.606. The van der Waals surface area contributed by atoms with Gasteiger partial charge in [-0.3, -0.25) is 0 Å². The predicted molar refractivity (Wildman–Crippen MR) is 85.2 cm³/mol. The largest absolute Gasteiger partial charge is 0.493 e. The number of hydrogen-bond donors (Lipinski definition) is 1. The number of benzene rings is 1. The van der Waals surface area contributed by atoms with Gasteiger partial charge in [-0.25, -0.2) is 0 Å². The van der Waals surface area contributed by atoms with Crippen molar-refractivity contribution in [3.05, 3.63) is 22.2 Å². The summed E-state index contributed by atoms with van der Waals surface area (Å²) in [5.74, 6) is 1.31. The van der Waals surface area contributed by atoms with Crippen LogP contribution in [-0.2, 0) is 0 Å². The second-order valence-electron chi connectivity index (χ2n) is 4.36. The fraction of sp³-hybridized carbons (Fsp3) is 0.462. The molecule has 1 aromatic carbocycles. The van der Waals surface area contributed by atoms with Crippen LogP contribution in [0.3, 0.4) is 0 Å². The molecule has 4 nitrogen and oxygen atoms in total. The molecule has 0 saturated heterocycles. The number of halogens is 1. The van der Waals surface area contributed by atoms with Crippen LogP contribution < -0.4 is 15.2 Å². The smallest absolute Gasteiger partial charge is 0.175 e. The lowest BCUT2D eigenvalue weighted by molar-refractivity contribution is 0.267. The summed E-state index contributed by atoms with van der Waals surface area (Å²) in [6, 6.07) is 3.63. The second-order valence-corrected chi connectivity index (χ2v) is 5.65. The van der Waals surface area contributed by atoms with E-state index in [9.17, 15) is 0 Å². The molecule has 19 heavy (non-hydrogen) atoms. The van der Waals surface area contributed by atoms with E-state index in [0.717, 1.165) is 23.0 Å². The first-order valence-corrected chi connectivity index (χ1v) is 7.10. The lowest BCUT2D eigenvalue weighted by Gasteiger charge is -2.15. The molecule has 0 saturated carbocycles. The van der Waals surface area contributed by atoms with Crippen LogP contribution in [-0.4, -0.2) is 44.2 Å². The third-order valence-electron chi connectivity index (χ3n) is 2.51. The summed E-state index contributed by atoms with van der Waals surface area (Å²) in [5.41, 5.74) is 6.37. The summed E-state index contributed by atoms with van der Waals surface area (Å²) < 4.78 is 11.9. The third-order valence-corrected chi connectivity index (χ3v) is 3.33. The molecule has 0 aliphatic rings. The van der Waals surface area contributed by atoms with Gasteiger partial charge in [-0.15, -0.1) is 0 Å². The van der Waals surface area contributed by atoms with Gasteiger partial charge in [0.2, 0.25) is 0 Å². The van der Waals surface area contributed by atoms with Gasteiger partial charge in [-0.05, 0) is 48.6 Å². The van der Waals surface area contributed by atoms with Crippen LogP contribution in [0.4, 0.5) is 0 Å². The first kappa shape index (κ1) is 16.2. The lowest BCUT2D eigenvalue weighted by atomic mass is 10.2. The van der Waals surface area contributed by atoms with Crippen molar-refractivity contribution in [2.45, 2.75) is 6.42 Å².